The molecule has 1 spiro atoms. The molecule has 0 amide bonds. The standard InChI is InChI=1S/C8H14OS2/c9-5-7-6-10-8(11-7)3-1-2-4-8/h7,9H,1-6H2. The lowest BCUT2D eigenvalue weighted by Gasteiger charge is -2.20. The fraction of sp³-hybridized carbons (Fsp3) is 1.00. The molecule has 0 bridgehead atoms. The van der Waals surface area contributed by atoms with Crippen LogP contribution in [0.3, 0.4) is 0 Å². The van der Waals surface area contributed by atoms with Gasteiger partial charge in [-0.15, -0.1) is 23.5 Å². The smallest absolute Gasteiger partial charge is 0.0615 e. The molecule has 1 saturated heterocycles. The summed E-state index contributed by atoms with van der Waals surface area (Å²) in [6.45, 7) is 0.374. The highest BCUT2D eigenvalue weighted by atomic mass is 32.2. The van der Waals surface area contributed by atoms with Crippen molar-refractivity contribution in [2.75, 3.05) is 12.4 Å². The van der Waals surface area contributed by atoms with E-state index in [0.717, 1.165) is 0 Å². The maximum atomic E-state index is 8.98. The van der Waals surface area contributed by atoms with Gasteiger partial charge in [-0.05, 0) is 12.8 Å². The second-order valence-electron chi connectivity index (χ2n) is 3.35. The lowest BCUT2D eigenvalue weighted by molar-refractivity contribution is 0.301. The van der Waals surface area contributed by atoms with Crippen LogP contribution in [-0.2, 0) is 0 Å². The van der Waals surface area contributed by atoms with Gasteiger partial charge in [0.25, 0.3) is 0 Å². The lowest BCUT2D eigenvalue weighted by atomic mass is 10.4. The highest BCUT2D eigenvalue weighted by Crippen LogP contribution is 2.56. The summed E-state index contributed by atoms with van der Waals surface area (Å²) in [4.78, 5) is 0. The summed E-state index contributed by atoms with van der Waals surface area (Å²) in [5.41, 5.74) is 0. The van der Waals surface area contributed by atoms with Crippen LogP contribution in [0, 0.1) is 0 Å². The van der Waals surface area contributed by atoms with Crippen LogP contribution < -0.4 is 0 Å². The minimum Gasteiger partial charge on any atom is -0.395 e. The fourth-order valence-electron chi connectivity index (χ4n) is 1.88. The minimum atomic E-state index is 0.374. The van der Waals surface area contributed by atoms with Crippen molar-refractivity contribution >= 4 is 23.5 Å². The number of aliphatic hydroxyl groups excluding tert-OH is 1. The molecule has 2 fully saturated rings. The zero-order valence-electron chi connectivity index (χ0n) is 6.58. The topological polar surface area (TPSA) is 20.2 Å². The third-order valence-electron chi connectivity index (χ3n) is 2.48. The molecule has 1 unspecified atom stereocenters. The molecule has 1 aliphatic heterocycles. The Labute approximate surface area is 76.3 Å². The van der Waals surface area contributed by atoms with E-state index in [1.807, 2.05) is 11.8 Å². The summed E-state index contributed by atoms with van der Waals surface area (Å²) in [7, 11) is 0. The lowest BCUT2D eigenvalue weighted by Crippen LogP contribution is -2.12. The summed E-state index contributed by atoms with van der Waals surface area (Å²) in [5, 5.41) is 9.50. The van der Waals surface area contributed by atoms with Gasteiger partial charge in [0.1, 0.15) is 0 Å². The molecule has 1 aliphatic carbocycles. The van der Waals surface area contributed by atoms with Gasteiger partial charge in [-0.25, -0.2) is 0 Å². The van der Waals surface area contributed by atoms with Crippen molar-refractivity contribution in [3.05, 3.63) is 0 Å². The maximum Gasteiger partial charge on any atom is 0.0615 e. The predicted molar refractivity (Wildman–Crippen MR) is 52.1 cm³/mol. The number of thioether (sulfide) groups is 2. The van der Waals surface area contributed by atoms with Crippen molar-refractivity contribution in [3.8, 4) is 0 Å². The minimum absolute atomic E-state index is 0.374. The Morgan fingerprint density at radius 2 is 2.09 bits per heavy atom. The van der Waals surface area contributed by atoms with Crippen LogP contribution in [0.25, 0.3) is 0 Å². The van der Waals surface area contributed by atoms with Crippen LogP contribution in [0.15, 0.2) is 0 Å². The summed E-state index contributed by atoms with van der Waals surface area (Å²) >= 11 is 4.12. The van der Waals surface area contributed by atoms with Gasteiger partial charge >= 0.3 is 0 Å². The molecule has 0 aromatic rings. The van der Waals surface area contributed by atoms with Crippen LogP contribution in [-0.4, -0.2) is 26.8 Å². The second-order valence-corrected chi connectivity index (χ2v) is 6.70. The summed E-state index contributed by atoms with van der Waals surface area (Å²) in [6, 6.07) is 0. The monoisotopic (exact) mass is 190 g/mol. The van der Waals surface area contributed by atoms with Crippen molar-refractivity contribution in [2.45, 2.75) is 35.0 Å². The predicted octanol–water partition coefficient (Wildman–Crippen LogP) is 2.10. The largest absolute Gasteiger partial charge is 0.395 e. The number of hydrogen-bond donors (Lipinski definition) is 1. The number of rotatable bonds is 1. The van der Waals surface area contributed by atoms with Crippen molar-refractivity contribution in [1.82, 2.24) is 0 Å². The molecule has 64 valence electrons. The van der Waals surface area contributed by atoms with Crippen LogP contribution in [0.4, 0.5) is 0 Å². The fourth-order valence-corrected chi connectivity index (χ4v) is 5.62. The molecule has 1 nitrogen and oxygen atoms in total. The van der Waals surface area contributed by atoms with Gasteiger partial charge in [0.15, 0.2) is 0 Å². The molecule has 0 radical (unpaired) electrons. The highest BCUT2D eigenvalue weighted by molar-refractivity contribution is 8.21. The Kier molecular flexibility index (Phi) is 2.40. The first-order valence-electron chi connectivity index (χ1n) is 4.27. The molecule has 1 N–H and O–H groups in total. The summed E-state index contributed by atoms with van der Waals surface area (Å²) in [5.74, 6) is 1.17. The molecule has 11 heavy (non-hydrogen) atoms. The Balaban J connectivity index is 1.96. The summed E-state index contributed by atoms with van der Waals surface area (Å²) < 4.78 is 0.535. The van der Waals surface area contributed by atoms with Crippen molar-refractivity contribution in [2.24, 2.45) is 0 Å². The zero-order valence-corrected chi connectivity index (χ0v) is 8.22. The van der Waals surface area contributed by atoms with Gasteiger partial charge in [0, 0.05) is 11.0 Å². The van der Waals surface area contributed by atoms with Crippen molar-refractivity contribution in [3.63, 3.8) is 0 Å². The van der Waals surface area contributed by atoms with Crippen LogP contribution in [0.1, 0.15) is 25.7 Å². The molecule has 2 aliphatic rings. The molecule has 0 aromatic carbocycles. The Bertz CT molecular complexity index is 143. The van der Waals surface area contributed by atoms with E-state index in [2.05, 4.69) is 11.8 Å². The Hall–Kier alpha value is 0.660. The second kappa shape index (κ2) is 3.19. The van der Waals surface area contributed by atoms with E-state index in [4.69, 9.17) is 5.11 Å². The van der Waals surface area contributed by atoms with Gasteiger partial charge < -0.3 is 5.11 Å². The van der Waals surface area contributed by atoms with Gasteiger partial charge in [-0.1, -0.05) is 12.8 Å². The Morgan fingerprint density at radius 3 is 2.64 bits per heavy atom. The SMILES string of the molecule is OCC1CSC2(CCCC2)S1. The Morgan fingerprint density at radius 1 is 1.36 bits per heavy atom. The molecule has 3 heteroatoms. The van der Waals surface area contributed by atoms with E-state index >= 15 is 0 Å². The maximum absolute atomic E-state index is 8.98. The molecular formula is C8H14OS2. The third-order valence-corrected chi connectivity index (χ3v) is 6.33. The first kappa shape index (κ1) is 8.27. The molecule has 2 rings (SSSR count). The quantitative estimate of drug-likeness (QED) is 0.684. The van der Waals surface area contributed by atoms with Gasteiger partial charge in [-0.2, -0.15) is 0 Å². The zero-order chi connectivity index (χ0) is 7.73. The average Bonchev–Trinajstić information content (AvgIpc) is 2.62. The average molecular weight is 190 g/mol. The van der Waals surface area contributed by atoms with Gasteiger partial charge in [-0.3, -0.25) is 0 Å². The van der Waals surface area contributed by atoms with E-state index in [-0.39, 0.29) is 0 Å². The number of hydrogen-bond acceptors (Lipinski definition) is 3. The van der Waals surface area contributed by atoms with Gasteiger partial charge in [0.2, 0.25) is 0 Å². The number of aliphatic hydroxyl groups is 1. The molecule has 1 saturated carbocycles. The van der Waals surface area contributed by atoms with E-state index < -0.39 is 0 Å². The van der Waals surface area contributed by atoms with Crippen LogP contribution in [0.5, 0.6) is 0 Å². The first-order valence-corrected chi connectivity index (χ1v) is 6.14. The normalized spacial score (nSPS) is 35.2. The van der Waals surface area contributed by atoms with E-state index in [1.165, 1.54) is 31.4 Å². The van der Waals surface area contributed by atoms with E-state index in [9.17, 15) is 0 Å². The van der Waals surface area contributed by atoms with Crippen molar-refractivity contribution in [1.29, 1.82) is 0 Å². The molecule has 1 heterocycles. The van der Waals surface area contributed by atoms with Crippen LogP contribution in [0.2, 0.25) is 0 Å². The molecule has 0 aromatic heterocycles. The molecule has 1 atom stereocenters. The van der Waals surface area contributed by atoms with E-state index in [0.29, 0.717) is 15.9 Å². The molecular weight excluding hydrogens is 176 g/mol. The van der Waals surface area contributed by atoms with Crippen molar-refractivity contribution < 1.29 is 5.11 Å². The summed E-state index contributed by atoms with van der Waals surface area (Å²) in [6.07, 6.45) is 5.55. The van der Waals surface area contributed by atoms with E-state index in [1.54, 1.807) is 0 Å². The van der Waals surface area contributed by atoms with Crippen LogP contribution >= 0.6 is 23.5 Å². The third kappa shape index (κ3) is 1.56. The first-order chi connectivity index (χ1) is 5.35. The van der Waals surface area contributed by atoms with Gasteiger partial charge in [0.05, 0.1) is 10.7 Å². The highest BCUT2D eigenvalue weighted by Gasteiger charge is 2.42.